The molecule has 2 aromatic rings. The van der Waals surface area contributed by atoms with Crippen molar-refractivity contribution in [2.24, 2.45) is 0 Å². The van der Waals surface area contributed by atoms with Crippen molar-refractivity contribution in [3.05, 3.63) is 53.6 Å². The number of carbonyl (C=O) groups excluding carboxylic acids is 2. The van der Waals surface area contributed by atoms with Crippen molar-refractivity contribution < 1.29 is 23.8 Å². The van der Waals surface area contributed by atoms with Crippen LogP contribution in [-0.2, 0) is 4.74 Å². The molecule has 148 valence electrons. The van der Waals surface area contributed by atoms with Crippen LogP contribution in [0.5, 0.6) is 11.5 Å². The first-order chi connectivity index (χ1) is 13.6. The molecule has 0 aromatic heterocycles. The van der Waals surface area contributed by atoms with E-state index in [0.717, 1.165) is 19.4 Å². The number of hydrogen-bond donors (Lipinski definition) is 2. The number of amides is 2. The Balaban J connectivity index is 1.73. The van der Waals surface area contributed by atoms with Gasteiger partial charge >= 0.3 is 0 Å². The van der Waals surface area contributed by atoms with Gasteiger partial charge in [-0.1, -0.05) is 12.1 Å². The van der Waals surface area contributed by atoms with Crippen LogP contribution in [0.1, 0.15) is 33.6 Å². The van der Waals surface area contributed by atoms with E-state index in [1.54, 1.807) is 49.6 Å². The lowest BCUT2D eigenvalue weighted by molar-refractivity contribution is 0.0858. The van der Waals surface area contributed by atoms with E-state index in [9.17, 15) is 9.59 Å². The number of nitrogens with one attached hydrogen (secondary N) is 2. The summed E-state index contributed by atoms with van der Waals surface area (Å²) in [5.41, 5.74) is 1.16. The topological polar surface area (TPSA) is 85.9 Å². The van der Waals surface area contributed by atoms with Gasteiger partial charge in [0.05, 0.1) is 37.1 Å². The fraction of sp³-hybridized carbons (Fsp3) is 0.333. The number of para-hydroxylation sites is 1. The Morgan fingerprint density at radius 2 is 1.89 bits per heavy atom. The molecule has 7 heteroatoms. The summed E-state index contributed by atoms with van der Waals surface area (Å²) in [6.07, 6.45) is 2.00. The zero-order valence-corrected chi connectivity index (χ0v) is 16.0. The van der Waals surface area contributed by atoms with E-state index in [0.29, 0.717) is 34.9 Å². The second-order valence-electron chi connectivity index (χ2n) is 6.41. The van der Waals surface area contributed by atoms with Crippen LogP contribution in [0.3, 0.4) is 0 Å². The monoisotopic (exact) mass is 384 g/mol. The molecule has 1 fully saturated rings. The van der Waals surface area contributed by atoms with E-state index in [1.807, 2.05) is 0 Å². The Labute approximate surface area is 164 Å². The highest BCUT2D eigenvalue weighted by atomic mass is 16.5. The molecule has 0 aliphatic carbocycles. The van der Waals surface area contributed by atoms with E-state index in [1.165, 1.54) is 7.11 Å². The Bertz CT molecular complexity index is 846. The van der Waals surface area contributed by atoms with Gasteiger partial charge in [-0.3, -0.25) is 9.59 Å². The van der Waals surface area contributed by atoms with Crippen molar-refractivity contribution in [3.63, 3.8) is 0 Å². The lowest BCUT2D eigenvalue weighted by Gasteiger charge is -2.15. The zero-order chi connectivity index (χ0) is 19.9. The maximum atomic E-state index is 12.8. The Morgan fingerprint density at radius 1 is 1.07 bits per heavy atom. The van der Waals surface area contributed by atoms with Crippen molar-refractivity contribution in [3.8, 4) is 11.5 Å². The third-order valence-electron chi connectivity index (χ3n) is 4.59. The minimum atomic E-state index is -0.376. The molecule has 3 rings (SSSR count). The molecule has 1 heterocycles. The summed E-state index contributed by atoms with van der Waals surface area (Å²) in [5, 5.41) is 5.67. The van der Waals surface area contributed by atoms with E-state index in [4.69, 9.17) is 14.2 Å². The highest BCUT2D eigenvalue weighted by Gasteiger charge is 2.20. The minimum Gasteiger partial charge on any atom is -0.497 e. The van der Waals surface area contributed by atoms with Gasteiger partial charge in [0.2, 0.25) is 0 Å². The number of methoxy groups -OCH3 is 2. The minimum absolute atomic E-state index is 0.0502. The molecule has 0 bridgehead atoms. The SMILES string of the molecule is COc1ccc(C(=O)Nc2ccccc2C(=O)NC[C@@H]2CCCO2)c(OC)c1. The number of benzene rings is 2. The van der Waals surface area contributed by atoms with Gasteiger partial charge in [0.1, 0.15) is 11.5 Å². The quantitative estimate of drug-likeness (QED) is 0.767. The molecule has 2 amide bonds. The lowest BCUT2D eigenvalue weighted by atomic mass is 10.1. The summed E-state index contributed by atoms with van der Waals surface area (Å²) in [4.78, 5) is 25.3. The number of ether oxygens (including phenoxy) is 3. The molecule has 1 aliphatic heterocycles. The molecular weight excluding hydrogens is 360 g/mol. The second-order valence-corrected chi connectivity index (χ2v) is 6.41. The molecular formula is C21H24N2O5. The fourth-order valence-corrected chi connectivity index (χ4v) is 3.07. The van der Waals surface area contributed by atoms with Crippen LogP contribution < -0.4 is 20.1 Å². The van der Waals surface area contributed by atoms with Gasteiger partial charge in [-0.05, 0) is 37.1 Å². The highest BCUT2D eigenvalue weighted by Crippen LogP contribution is 2.26. The van der Waals surface area contributed by atoms with Gasteiger partial charge in [-0.15, -0.1) is 0 Å². The van der Waals surface area contributed by atoms with Gasteiger partial charge in [-0.2, -0.15) is 0 Å². The predicted octanol–water partition coefficient (Wildman–Crippen LogP) is 2.86. The molecule has 28 heavy (non-hydrogen) atoms. The third-order valence-corrected chi connectivity index (χ3v) is 4.59. The standard InChI is InChI=1S/C21H24N2O5/c1-26-14-9-10-17(19(12-14)27-2)21(25)23-18-8-4-3-7-16(18)20(24)22-13-15-6-5-11-28-15/h3-4,7-10,12,15H,5-6,11,13H2,1-2H3,(H,22,24)(H,23,25)/t15-/m0/s1. The number of hydrogen-bond acceptors (Lipinski definition) is 5. The van der Waals surface area contributed by atoms with Crippen LogP contribution in [-0.4, -0.2) is 45.3 Å². The largest absolute Gasteiger partial charge is 0.497 e. The summed E-state index contributed by atoms with van der Waals surface area (Å²) in [5.74, 6) is 0.339. The molecule has 0 spiro atoms. The van der Waals surface area contributed by atoms with Gasteiger partial charge in [0.25, 0.3) is 11.8 Å². The summed E-state index contributed by atoms with van der Waals surface area (Å²) < 4.78 is 16.0. The van der Waals surface area contributed by atoms with Crippen LogP contribution in [0, 0.1) is 0 Å². The van der Waals surface area contributed by atoms with E-state index >= 15 is 0 Å². The van der Waals surface area contributed by atoms with E-state index in [2.05, 4.69) is 10.6 Å². The zero-order valence-electron chi connectivity index (χ0n) is 16.0. The van der Waals surface area contributed by atoms with E-state index in [-0.39, 0.29) is 17.9 Å². The molecule has 1 aliphatic rings. The molecule has 2 aromatic carbocycles. The highest BCUT2D eigenvalue weighted by molar-refractivity contribution is 6.10. The van der Waals surface area contributed by atoms with Crippen molar-refractivity contribution in [2.45, 2.75) is 18.9 Å². The fourth-order valence-electron chi connectivity index (χ4n) is 3.07. The van der Waals surface area contributed by atoms with Gasteiger partial charge in [-0.25, -0.2) is 0 Å². The number of rotatable bonds is 7. The van der Waals surface area contributed by atoms with Crippen molar-refractivity contribution in [2.75, 3.05) is 32.7 Å². The van der Waals surface area contributed by atoms with Gasteiger partial charge in [0, 0.05) is 19.2 Å². The van der Waals surface area contributed by atoms with Crippen molar-refractivity contribution in [1.29, 1.82) is 0 Å². The molecule has 0 saturated carbocycles. The first kappa shape index (κ1) is 19.7. The normalized spacial score (nSPS) is 15.7. The summed E-state index contributed by atoms with van der Waals surface area (Å²) >= 11 is 0. The Kier molecular flexibility index (Phi) is 6.49. The Morgan fingerprint density at radius 3 is 2.61 bits per heavy atom. The maximum Gasteiger partial charge on any atom is 0.259 e. The first-order valence-corrected chi connectivity index (χ1v) is 9.14. The van der Waals surface area contributed by atoms with Crippen LogP contribution in [0.4, 0.5) is 5.69 Å². The van der Waals surface area contributed by atoms with E-state index < -0.39 is 0 Å². The average molecular weight is 384 g/mol. The molecule has 2 N–H and O–H groups in total. The summed E-state index contributed by atoms with van der Waals surface area (Å²) in [7, 11) is 3.03. The number of anilines is 1. The lowest BCUT2D eigenvalue weighted by Crippen LogP contribution is -2.32. The van der Waals surface area contributed by atoms with Crippen LogP contribution >= 0.6 is 0 Å². The molecule has 0 unspecified atom stereocenters. The van der Waals surface area contributed by atoms with Crippen LogP contribution in [0.15, 0.2) is 42.5 Å². The first-order valence-electron chi connectivity index (χ1n) is 9.14. The molecule has 1 atom stereocenters. The summed E-state index contributed by atoms with van der Waals surface area (Å²) in [6, 6.07) is 11.8. The third kappa shape index (κ3) is 4.61. The average Bonchev–Trinajstić information content (AvgIpc) is 3.25. The molecule has 0 radical (unpaired) electrons. The smallest absolute Gasteiger partial charge is 0.259 e. The number of carbonyl (C=O) groups is 2. The molecule has 7 nitrogen and oxygen atoms in total. The van der Waals surface area contributed by atoms with Gasteiger partial charge in [0.15, 0.2) is 0 Å². The summed E-state index contributed by atoms with van der Waals surface area (Å²) in [6.45, 7) is 1.18. The predicted molar refractivity (Wildman–Crippen MR) is 105 cm³/mol. The van der Waals surface area contributed by atoms with Crippen LogP contribution in [0.2, 0.25) is 0 Å². The Hall–Kier alpha value is -3.06. The van der Waals surface area contributed by atoms with Crippen molar-refractivity contribution >= 4 is 17.5 Å². The maximum absolute atomic E-state index is 12.8. The van der Waals surface area contributed by atoms with Crippen LogP contribution in [0.25, 0.3) is 0 Å². The second kappa shape index (κ2) is 9.23. The van der Waals surface area contributed by atoms with Gasteiger partial charge < -0.3 is 24.8 Å². The molecule has 1 saturated heterocycles. The van der Waals surface area contributed by atoms with Crippen molar-refractivity contribution in [1.82, 2.24) is 5.32 Å².